The molecule has 9 heteroatoms. The highest BCUT2D eigenvalue weighted by atomic mass is 35.5. The lowest BCUT2D eigenvalue weighted by Crippen LogP contribution is -2.48. The molecule has 1 aliphatic heterocycles. The van der Waals surface area contributed by atoms with Gasteiger partial charge in [-0.2, -0.15) is 0 Å². The van der Waals surface area contributed by atoms with Crippen molar-refractivity contribution >= 4 is 46.1 Å². The van der Waals surface area contributed by atoms with E-state index in [1.807, 2.05) is 6.07 Å². The molecule has 1 aromatic carbocycles. The number of carbonyl (C=O) groups is 1. The van der Waals surface area contributed by atoms with Crippen LogP contribution in [0, 0.1) is 0 Å². The van der Waals surface area contributed by atoms with Crippen LogP contribution < -0.4 is 14.8 Å². The van der Waals surface area contributed by atoms with Gasteiger partial charge in [0.25, 0.3) is 0 Å². The van der Waals surface area contributed by atoms with Crippen LogP contribution in [0.3, 0.4) is 0 Å². The number of thiophene rings is 1. The van der Waals surface area contributed by atoms with E-state index in [2.05, 4.69) is 21.2 Å². The molecule has 0 saturated carbocycles. The lowest BCUT2D eigenvalue weighted by atomic mass is 10.2. The number of anilines is 1. The zero-order valence-electron chi connectivity index (χ0n) is 15.8. The van der Waals surface area contributed by atoms with Gasteiger partial charge in [0.15, 0.2) is 0 Å². The number of hydrogen-bond donors (Lipinski definition) is 1. The van der Waals surface area contributed by atoms with Gasteiger partial charge in [0.05, 0.1) is 35.8 Å². The third kappa shape index (κ3) is 5.52. The molecule has 2 aromatic rings. The number of amides is 1. The summed E-state index contributed by atoms with van der Waals surface area (Å²) in [5.41, 5.74) is 0.534. The molecule has 1 amide bonds. The average Bonchev–Trinajstić information content (AvgIpc) is 3.08. The molecular weight excluding hydrogens is 421 g/mol. The van der Waals surface area contributed by atoms with E-state index in [1.165, 1.54) is 12.0 Å². The maximum absolute atomic E-state index is 12.5. The Morgan fingerprint density at radius 1 is 1.07 bits per heavy atom. The molecule has 1 aliphatic rings. The second-order valence-corrected chi connectivity index (χ2v) is 8.70. The molecule has 3 rings (SSSR count). The minimum atomic E-state index is -0.0991. The van der Waals surface area contributed by atoms with Crippen molar-refractivity contribution in [1.82, 2.24) is 9.80 Å². The summed E-state index contributed by atoms with van der Waals surface area (Å²) in [5, 5.41) is 3.30. The lowest BCUT2D eigenvalue weighted by molar-refractivity contribution is -0.117. The number of nitrogens with one attached hydrogen (secondary N) is 1. The number of hydrogen-bond acceptors (Lipinski definition) is 6. The Bertz CT molecular complexity index is 823. The SMILES string of the molecule is COc1cc(OC)c(NC(=O)CN2CCN(Cc3ccc(Cl)s3)CC2)cc1Cl. The molecule has 2 heterocycles. The Balaban J connectivity index is 1.50. The van der Waals surface area contributed by atoms with E-state index in [-0.39, 0.29) is 5.91 Å². The van der Waals surface area contributed by atoms with Crippen molar-refractivity contribution < 1.29 is 14.3 Å². The van der Waals surface area contributed by atoms with E-state index < -0.39 is 0 Å². The fourth-order valence-corrected chi connectivity index (χ4v) is 4.48. The molecule has 1 N–H and O–H groups in total. The predicted molar refractivity (Wildman–Crippen MR) is 114 cm³/mol. The molecule has 6 nitrogen and oxygen atoms in total. The number of ether oxygens (including phenoxy) is 2. The first-order chi connectivity index (χ1) is 13.5. The Hall–Kier alpha value is -1.51. The first-order valence-corrected chi connectivity index (χ1v) is 10.5. The fraction of sp³-hybridized carbons (Fsp3) is 0.421. The van der Waals surface area contributed by atoms with Crippen LogP contribution in [0.2, 0.25) is 9.36 Å². The van der Waals surface area contributed by atoms with Crippen LogP contribution in [0.25, 0.3) is 0 Å². The number of benzene rings is 1. The summed E-state index contributed by atoms with van der Waals surface area (Å²) in [5.74, 6) is 0.909. The van der Waals surface area contributed by atoms with Crippen LogP contribution in [-0.2, 0) is 11.3 Å². The summed E-state index contributed by atoms with van der Waals surface area (Å²) in [6.45, 7) is 4.74. The van der Waals surface area contributed by atoms with Crippen molar-refractivity contribution in [2.24, 2.45) is 0 Å². The second kappa shape index (κ2) is 9.80. The third-order valence-corrected chi connectivity index (χ3v) is 6.10. The second-order valence-electron chi connectivity index (χ2n) is 6.49. The van der Waals surface area contributed by atoms with E-state index >= 15 is 0 Å². The molecule has 1 fully saturated rings. The first kappa shape index (κ1) is 21.2. The highest BCUT2D eigenvalue weighted by Gasteiger charge is 2.20. The van der Waals surface area contributed by atoms with Gasteiger partial charge in [-0.25, -0.2) is 0 Å². The maximum Gasteiger partial charge on any atom is 0.238 e. The van der Waals surface area contributed by atoms with Crippen molar-refractivity contribution in [3.8, 4) is 11.5 Å². The molecule has 0 spiro atoms. The number of rotatable bonds is 7. The van der Waals surface area contributed by atoms with Gasteiger partial charge >= 0.3 is 0 Å². The van der Waals surface area contributed by atoms with Crippen LogP contribution >= 0.6 is 34.5 Å². The number of halogens is 2. The normalized spacial score (nSPS) is 15.4. The number of methoxy groups -OCH3 is 2. The van der Waals surface area contributed by atoms with E-state index in [0.717, 1.165) is 37.1 Å². The van der Waals surface area contributed by atoms with Gasteiger partial charge in [-0.1, -0.05) is 23.2 Å². The van der Waals surface area contributed by atoms with Crippen LogP contribution in [0.15, 0.2) is 24.3 Å². The Kier molecular flexibility index (Phi) is 7.42. The number of nitrogens with zero attached hydrogens (tertiary/aromatic N) is 2. The van der Waals surface area contributed by atoms with Crippen LogP contribution in [0.1, 0.15) is 4.88 Å². The monoisotopic (exact) mass is 443 g/mol. The molecule has 0 atom stereocenters. The van der Waals surface area contributed by atoms with Gasteiger partial charge in [-0.05, 0) is 18.2 Å². The van der Waals surface area contributed by atoms with Crippen molar-refractivity contribution in [2.75, 3.05) is 52.3 Å². The minimum Gasteiger partial charge on any atom is -0.495 e. The standard InChI is InChI=1S/C19H23Cl2N3O3S/c1-26-16-10-17(27-2)15(9-14(16)20)22-19(25)12-24-7-5-23(6-8-24)11-13-3-4-18(21)28-13/h3-4,9-10H,5-8,11-12H2,1-2H3,(H,22,25). The first-order valence-electron chi connectivity index (χ1n) is 8.88. The summed E-state index contributed by atoms with van der Waals surface area (Å²) in [6, 6.07) is 7.30. The summed E-state index contributed by atoms with van der Waals surface area (Å²) >= 11 is 13.8. The Morgan fingerprint density at radius 3 is 2.36 bits per heavy atom. The van der Waals surface area contributed by atoms with Crippen molar-refractivity contribution in [1.29, 1.82) is 0 Å². The van der Waals surface area contributed by atoms with Crippen LogP contribution in [0.4, 0.5) is 5.69 Å². The van der Waals surface area contributed by atoms with Crippen molar-refractivity contribution in [3.63, 3.8) is 0 Å². The molecule has 1 saturated heterocycles. The molecule has 28 heavy (non-hydrogen) atoms. The molecular formula is C19H23Cl2N3O3S. The minimum absolute atomic E-state index is 0.0991. The number of piperazine rings is 1. The van der Waals surface area contributed by atoms with Gasteiger partial charge in [0.1, 0.15) is 11.5 Å². The summed E-state index contributed by atoms with van der Waals surface area (Å²) in [4.78, 5) is 18.3. The summed E-state index contributed by atoms with van der Waals surface area (Å²) in [7, 11) is 3.07. The van der Waals surface area contributed by atoms with Gasteiger partial charge in [-0.15, -0.1) is 11.3 Å². The molecule has 0 aliphatic carbocycles. The predicted octanol–water partition coefficient (Wildman–Crippen LogP) is 3.83. The highest BCUT2D eigenvalue weighted by Crippen LogP contribution is 2.35. The summed E-state index contributed by atoms with van der Waals surface area (Å²) < 4.78 is 11.3. The van der Waals surface area contributed by atoms with Crippen LogP contribution in [-0.4, -0.2) is 62.7 Å². The zero-order chi connectivity index (χ0) is 20.1. The van der Waals surface area contributed by atoms with E-state index in [0.29, 0.717) is 28.8 Å². The summed E-state index contributed by atoms with van der Waals surface area (Å²) in [6.07, 6.45) is 0. The number of carbonyl (C=O) groups excluding carboxylic acids is 1. The van der Waals surface area contributed by atoms with Crippen molar-refractivity contribution in [3.05, 3.63) is 38.5 Å². The van der Waals surface area contributed by atoms with Gasteiger partial charge < -0.3 is 14.8 Å². The average molecular weight is 444 g/mol. The largest absolute Gasteiger partial charge is 0.495 e. The third-order valence-electron chi connectivity index (χ3n) is 4.59. The fourth-order valence-electron chi connectivity index (χ4n) is 3.11. The quantitative estimate of drug-likeness (QED) is 0.704. The molecule has 0 unspecified atom stereocenters. The maximum atomic E-state index is 12.5. The lowest BCUT2D eigenvalue weighted by Gasteiger charge is -2.34. The van der Waals surface area contributed by atoms with Gasteiger partial charge in [-0.3, -0.25) is 14.6 Å². The smallest absolute Gasteiger partial charge is 0.238 e. The molecule has 1 aromatic heterocycles. The van der Waals surface area contributed by atoms with Crippen LogP contribution in [0.5, 0.6) is 11.5 Å². The van der Waals surface area contributed by atoms with E-state index in [1.54, 1.807) is 30.6 Å². The van der Waals surface area contributed by atoms with E-state index in [4.69, 9.17) is 32.7 Å². The molecule has 152 valence electrons. The van der Waals surface area contributed by atoms with Crippen molar-refractivity contribution in [2.45, 2.75) is 6.54 Å². The van der Waals surface area contributed by atoms with Gasteiger partial charge in [0, 0.05) is 43.7 Å². The highest BCUT2D eigenvalue weighted by molar-refractivity contribution is 7.16. The molecule has 0 radical (unpaired) electrons. The molecule has 0 bridgehead atoms. The topological polar surface area (TPSA) is 54.0 Å². The zero-order valence-corrected chi connectivity index (χ0v) is 18.2. The van der Waals surface area contributed by atoms with Gasteiger partial charge in [0.2, 0.25) is 5.91 Å². The Labute approximate surface area is 178 Å². The Morgan fingerprint density at radius 2 is 1.75 bits per heavy atom. The van der Waals surface area contributed by atoms with E-state index in [9.17, 15) is 4.79 Å².